The van der Waals surface area contributed by atoms with Gasteiger partial charge in [-0.1, -0.05) is 6.07 Å². The minimum absolute atomic E-state index is 0.0124. The van der Waals surface area contributed by atoms with Crippen molar-refractivity contribution in [3.8, 4) is 22.9 Å². The number of carbonyl (C=O) groups is 2. The largest absolute Gasteiger partial charge is 0.483 e. The number of benzene rings is 1. The van der Waals surface area contributed by atoms with Crippen LogP contribution in [-0.4, -0.2) is 61.9 Å². The first kappa shape index (κ1) is 25.1. The fraction of sp³-hybridized carbons (Fsp3) is 0.346. The summed E-state index contributed by atoms with van der Waals surface area (Å²) in [6, 6.07) is 11.8. The number of likely N-dealkylation sites (tertiary alicyclic amines) is 1. The van der Waals surface area contributed by atoms with E-state index >= 15 is 0 Å². The van der Waals surface area contributed by atoms with Crippen LogP contribution in [0.2, 0.25) is 0 Å². The number of pyridine rings is 1. The molecule has 2 fully saturated rings. The van der Waals surface area contributed by atoms with E-state index < -0.39 is 24.7 Å². The number of rotatable bonds is 6. The minimum Gasteiger partial charge on any atom is -0.483 e. The molecule has 2 aromatic heterocycles. The van der Waals surface area contributed by atoms with Gasteiger partial charge in [-0.2, -0.15) is 10.4 Å². The highest BCUT2D eigenvalue weighted by Crippen LogP contribution is 2.47. The molecule has 10 nitrogen and oxygen atoms in total. The van der Waals surface area contributed by atoms with Gasteiger partial charge in [-0.05, 0) is 47.9 Å². The summed E-state index contributed by atoms with van der Waals surface area (Å²) in [7, 11) is 1.83. The Morgan fingerprint density at radius 2 is 2.03 bits per heavy atom. The molecule has 2 aliphatic rings. The zero-order chi connectivity index (χ0) is 27.0. The number of anilines is 1. The number of amides is 2. The fourth-order valence-electron chi connectivity index (χ4n) is 4.62. The van der Waals surface area contributed by atoms with Gasteiger partial charge < -0.3 is 20.1 Å². The van der Waals surface area contributed by atoms with Gasteiger partial charge in [-0.3, -0.25) is 9.48 Å². The lowest BCUT2D eigenvalue weighted by atomic mass is 10.0. The maximum Gasteiger partial charge on any atom is 0.407 e. The first-order valence-electron chi connectivity index (χ1n) is 12.0. The van der Waals surface area contributed by atoms with E-state index in [-0.39, 0.29) is 42.0 Å². The molecule has 0 radical (unpaired) electrons. The van der Waals surface area contributed by atoms with Crippen LogP contribution in [0.5, 0.6) is 5.75 Å². The zero-order valence-electron chi connectivity index (χ0n) is 20.3. The molecule has 38 heavy (non-hydrogen) atoms. The topological polar surface area (TPSA) is 133 Å². The Morgan fingerprint density at radius 3 is 2.71 bits per heavy atom. The van der Waals surface area contributed by atoms with Crippen molar-refractivity contribution < 1.29 is 28.2 Å². The molecular formula is C26H24F2N6O4. The smallest absolute Gasteiger partial charge is 0.407 e. The van der Waals surface area contributed by atoms with Gasteiger partial charge in [0.1, 0.15) is 17.6 Å². The third-order valence-electron chi connectivity index (χ3n) is 6.76. The van der Waals surface area contributed by atoms with E-state index in [0.29, 0.717) is 28.3 Å². The summed E-state index contributed by atoms with van der Waals surface area (Å²) in [4.78, 5) is 28.6. The number of hydrogen-bond acceptors (Lipinski definition) is 6. The van der Waals surface area contributed by atoms with Crippen LogP contribution in [0.25, 0.3) is 11.1 Å². The average molecular weight is 523 g/mol. The van der Waals surface area contributed by atoms with Crippen LogP contribution in [0.3, 0.4) is 0 Å². The number of nitrogens with zero attached hydrogens (tertiary/aromatic N) is 5. The van der Waals surface area contributed by atoms with E-state index in [9.17, 15) is 23.6 Å². The highest BCUT2D eigenvalue weighted by atomic mass is 19.3. The maximum absolute atomic E-state index is 14.5. The lowest BCUT2D eigenvalue weighted by Crippen LogP contribution is -2.55. The van der Waals surface area contributed by atoms with Crippen molar-refractivity contribution in [3.05, 3.63) is 60.0 Å². The number of carboxylic acid groups (broad SMARTS) is 1. The first-order valence-corrected chi connectivity index (χ1v) is 12.0. The average Bonchev–Trinajstić information content (AvgIpc) is 3.58. The molecule has 5 rings (SSSR count). The third kappa shape index (κ3) is 5.13. The number of ether oxygens (including phenoxy) is 1. The van der Waals surface area contributed by atoms with E-state index in [1.54, 1.807) is 22.9 Å². The molecule has 0 spiro atoms. The van der Waals surface area contributed by atoms with Crippen LogP contribution in [0.1, 0.15) is 30.0 Å². The number of alkyl halides is 2. The third-order valence-corrected chi connectivity index (χ3v) is 6.76. The summed E-state index contributed by atoms with van der Waals surface area (Å²) in [5, 5.41) is 25.8. The van der Waals surface area contributed by atoms with Gasteiger partial charge in [-0.25, -0.2) is 18.6 Å². The molecule has 1 unspecified atom stereocenters. The summed E-state index contributed by atoms with van der Waals surface area (Å²) in [6.45, 7) is -1.06. The number of aryl methyl sites for hydroxylation is 1. The van der Waals surface area contributed by atoms with E-state index in [1.165, 1.54) is 18.3 Å². The first-order chi connectivity index (χ1) is 18.1. The Morgan fingerprint density at radius 1 is 1.24 bits per heavy atom. The number of hydrogen-bond donors (Lipinski definition) is 2. The summed E-state index contributed by atoms with van der Waals surface area (Å²) in [6.07, 6.45) is 0.902. The monoisotopic (exact) mass is 522 g/mol. The molecule has 12 heteroatoms. The Kier molecular flexibility index (Phi) is 6.44. The van der Waals surface area contributed by atoms with Crippen LogP contribution in [0, 0.1) is 17.2 Å². The molecule has 1 aliphatic carbocycles. The Labute approximate surface area is 216 Å². The van der Waals surface area contributed by atoms with Crippen molar-refractivity contribution in [2.75, 3.05) is 18.4 Å². The quantitative estimate of drug-likeness (QED) is 0.502. The second-order valence-corrected chi connectivity index (χ2v) is 9.47. The number of piperidine rings is 1. The number of halogens is 2. The van der Waals surface area contributed by atoms with Crippen molar-refractivity contribution in [2.45, 2.75) is 30.8 Å². The van der Waals surface area contributed by atoms with Gasteiger partial charge in [-0.15, -0.1) is 0 Å². The summed E-state index contributed by atoms with van der Waals surface area (Å²) in [5.74, 6) is -3.32. The molecule has 196 valence electrons. The standard InChI is InChI=1S/C26H24F2N6O4/c1-33-8-5-20(32-33)18-12-19(18)24(35)31-23-11-16(4-7-30-23)15-2-3-21(17(10-15)13-29)38-22-6-9-34(25(36)37)14-26(22,27)28/h2-5,7-8,10-11,18-19,22H,6,9,12,14H2,1H3,(H,36,37)(H,30,31,35)/t18-,19-,22?/m0/s1. The Bertz CT molecular complexity index is 1440. The van der Waals surface area contributed by atoms with Gasteiger partial charge in [0.25, 0.3) is 0 Å². The normalized spacial score (nSPS) is 21.8. The molecule has 3 heterocycles. The molecule has 3 aromatic rings. The lowest BCUT2D eigenvalue weighted by Gasteiger charge is -2.36. The predicted octanol–water partition coefficient (Wildman–Crippen LogP) is 3.86. The van der Waals surface area contributed by atoms with Gasteiger partial charge in [0.15, 0.2) is 6.10 Å². The highest BCUT2D eigenvalue weighted by Gasteiger charge is 2.48. The molecule has 0 bridgehead atoms. The molecular weight excluding hydrogens is 498 g/mol. The van der Waals surface area contributed by atoms with Gasteiger partial charge >= 0.3 is 12.0 Å². The molecule has 2 amide bonds. The van der Waals surface area contributed by atoms with Crippen LogP contribution in [0.15, 0.2) is 48.8 Å². The molecule has 1 aromatic carbocycles. The minimum atomic E-state index is -3.41. The van der Waals surface area contributed by atoms with Crippen molar-refractivity contribution in [1.82, 2.24) is 19.7 Å². The van der Waals surface area contributed by atoms with E-state index in [1.807, 2.05) is 25.4 Å². The highest BCUT2D eigenvalue weighted by molar-refractivity contribution is 5.94. The van der Waals surface area contributed by atoms with Crippen molar-refractivity contribution >= 4 is 17.8 Å². The van der Waals surface area contributed by atoms with E-state index in [4.69, 9.17) is 9.84 Å². The van der Waals surface area contributed by atoms with Crippen LogP contribution < -0.4 is 10.1 Å². The van der Waals surface area contributed by atoms with Crippen molar-refractivity contribution in [3.63, 3.8) is 0 Å². The van der Waals surface area contributed by atoms with Crippen LogP contribution in [0.4, 0.5) is 19.4 Å². The fourth-order valence-corrected chi connectivity index (χ4v) is 4.62. The molecule has 1 saturated carbocycles. The molecule has 2 N–H and O–H groups in total. The maximum atomic E-state index is 14.5. The number of nitrogens with one attached hydrogen (secondary N) is 1. The lowest BCUT2D eigenvalue weighted by molar-refractivity contribution is -0.133. The summed E-state index contributed by atoms with van der Waals surface area (Å²) in [5.41, 5.74) is 2.20. The Balaban J connectivity index is 1.27. The SMILES string of the molecule is Cn1ccc([C@H]2C[C@@H]2C(=O)Nc2cc(-c3ccc(OC4CCN(C(=O)O)CC4(F)F)c(C#N)c3)ccn2)n1. The molecule has 1 saturated heterocycles. The van der Waals surface area contributed by atoms with E-state index in [2.05, 4.69) is 15.4 Å². The summed E-state index contributed by atoms with van der Waals surface area (Å²) >= 11 is 0. The Hall–Kier alpha value is -4.53. The van der Waals surface area contributed by atoms with Gasteiger partial charge in [0.05, 0.1) is 17.8 Å². The molecule has 3 atom stereocenters. The number of aromatic nitrogens is 3. The number of nitriles is 1. The van der Waals surface area contributed by atoms with E-state index in [0.717, 1.165) is 5.69 Å². The molecule has 1 aliphatic heterocycles. The number of carbonyl (C=O) groups excluding carboxylic acids is 1. The van der Waals surface area contributed by atoms with Crippen LogP contribution in [-0.2, 0) is 11.8 Å². The van der Waals surface area contributed by atoms with Crippen molar-refractivity contribution in [1.29, 1.82) is 5.26 Å². The van der Waals surface area contributed by atoms with Gasteiger partial charge in [0, 0.05) is 44.2 Å². The van der Waals surface area contributed by atoms with Gasteiger partial charge in [0.2, 0.25) is 5.91 Å². The second-order valence-electron chi connectivity index (χ2n) is 9.47. The second kappa shape index (κ2) is 9.74. The zero-order valence-corrected chi connectivity index (χ0v) is 20.3. The predicted molar refractivity (Wildman–Crippen MR) is 131 cm³/mol. The summed E-state index contributed by atoms with van der Waals surface area (Å²) < 4.78 is 36.2. The van der Waals surface area contributed by atoms with Crippen molar-refractivity contribution in [2.24, 2.45) is 13.0 Å². The van der Waals surface area contributed by atoms with Crippen LogP contribution >= 0.6 is 0 Å².